The molecule has 0 nitrogen and oxygen atoms in total. The third-order valence-electron chi connectivity index (χ3n) is 6.89. The number of fused-ring (bicyclic) bond motifs is 2. The number of allylic oxidation sites excluding steroid dienone is 3. The first-order valence-corrected chi connectivity index (χ1v) is 18.6. The van der Waals surface area contributed by atoms with Crippen LogP contribution in [0.25, 0.3) is 11.6 Å². The second-order valence-electron chi connectivity index (χ2n) is 8.22. The second-order valence-corrected chi connectivity index (χ2v) is 22.3. The van der Waals surface area contributed by atoms with Crippen molar-refractivity contribution in [1.29, 1.82) is 0 Å². The molecule has 2 aliphatic rings. The minimum atomic E-state index is -3.69. The molecule has 0 saturated heterocycles. The van der Waals surface area contributed by atoms with Crippen LogP contribution < -0.4 is 0 Å². The van der Waals surface area contributed by atoms with E-state index in [-0.39, 0.29) is 3.63 Å². The summed E-state index contributed by atoms with van der Waals surface area (Å²) in [4.78, 5) is 0. The Hall–Kier alpha value is -0.617. The fourth-order valence-corrected chi connectivity index (χ4v) is 17.8. The van der Waals surface area contributed by atoms with E-state index in [9.17, 15) is 0 Å². The molecule has 0 heterocycles. The van der Waals surface area contributed by atoms with Gasteiger partial charge in [0.2, 0.25) is 0 Å². The predicted octanol–water partition coefficient (Wildman–Crippen LogP) is 8.08. The van der Waals surface area contributed by atoms with Gasteiger partial charge in [-0.15, -0.1) is 0 Å². The fourth-order valence-electron chi connectivity index (χ4n) is 5.00. The van der Waals surface area contributed by atoms with Crippen molar-refractivity contribution in [2.75, 3.05) is 0 Å². The first-order valence-electron chi connectivity index (χ1n) is 9.63. The van der Waals surface area contributed by atoms with E-state index in [1.165, 1.54) is 53.4 Å². The summed E-state index contributed by atoms with van der Waals surface area (Å²) in [6, 6.07) is 11.0. The summed E-state index contributed by atoms with van der Waals surface area (Å²) >= 11 is -3.69. The van der Waals surface area contributed by atoms with Gasteiger partial charge in [0.05, 0.1) is 0 Å². The van der Waals surface area contributed by atoms with E-state index in [1.807, 2.05) is 0 Å². The molecule has 3 heteroatoms. The molecule has 0 N–H and O–H groups in total. The van der Waals surface area contributed by atoms with E-state index in [4.69, 9.17) is 17.0 Å². The Bertz CT molecular complexity index is 1030. The molecule has 0 radical (unpaired) electrons. The number of aryl methyl sites for hydroxylation is 1. The van der Waals surface area contributed by atoms with E-state index in [2.05, 4.69) is 78.0 Å². The first-order chi connectivity index (χ1) is 12.7. The summed E-state index contributed by atoms with van der Waals surface area (Å²) in [6.45, 7) is 13.4. The summed E-state index contributed by atoms with van der Waals surface area (Å²) in [7, 11) is 14.9. The third-order valence-corrected chi connectivity index (χ3v) is 19.0. The van der Waals surface area contributed by atoms with Gasteiger partial charge in [0.25, 0.3) is 0 Å². The molecule has 0 saturated carbocycles. The van der Waals surface area contributed by atoms with Crippen molar-refractivity contribution < 1.29 is 17.9 Å². The van der Waals surface area contributed by atoms with E-state index >= 15 is 0 Å². The normalized spacial score (nSPS) is 21.4. The molecule has 0 aliphatic heterocycles. The van der Waals surface area contributed by atoms with E-state index in [0.717, 1.165) is 0 Å². The second kappa shape index (κ2) is 6.72. The van der Waals surface area contributed by atoms with Gasteiger partial charge >= 0.3 is 176 Å². The topological polar surface area (TPSA) is 0 Å². The summed E-state index contributed by atoms with van der Waals surface area (Å²) in [5.41, 5.74) is 12.3. The van der Waals surface area contributed by atoms with Crippen molar-refractivity contribution in [2.24, 2.45) is 0 Å². The maximum atomic E-state index is 7.44. The van der Waals surface area contributed by atoms with E-state index in [1.54, 1.807) is 0 Å². The number of hydrogen-bond acceptors (Lipinski definition) is 0. The van der Waals surface area contributed by atoms with Crippen LogP contribution in [0.4, 0.5) is 0 Å². The molecule has 2 aromatic carbocycles. The van der Waals surface area contributed by atoms with Gasteiger partial charge in [-0.3, -0.25) is 0 Å². The average Bonchev–Trinajstić information content (AvgIpc) is 3.09. The van der Waals surface area contributed by atoms with Gasteiger partial charge in [-0.05, 0) is 0 Å². The molecule has 0 amide bonds. The molecule has 0 fully saturated rings. The van der Waals surface area contributed by atoms with Crippen molar-refractivity contribution in [3.05, 3.63) is 78.1 Å². The molecule has 0 spiro atoms. The summed E-state index contributed by atoms with van der Waals surface area (Å²) < 4.78 is 1.51. The Kier molecular flexibility index (Phi) is 4.90. The summed E-state index contributed by atoms with van der Waals surface area (Å²) in [5.74, 6) is 0.316. The van der Waals surface area contributed by atoms with Gasteiger partial charge in [-0.2, -0.15) is 0 Å². The molecule has 4 rings (SSSR count). The standard InChI is InChI=1S/C14H17.C10H9.2ClH.Zr/c1-8-6-13-7-9(2)11(4)14(13)12(5)10(8)3;1-8-6-7-9-4-2-3-5-10(8)9;;;/h6-7H,1-5H3;2-5,7-8H,1H3;2*1H;/q;;;;+2/p-2. The van der Waals surface area contributed by atoms with Crippen LogP contribution in [0.3, 0.4) is 0 Å². The Balaban J connectivity index is 1.88. The number of halogens is 2. The van der Waals surface area contributed by atoms with Crippen LogP contribution in [0, 0.1) is 20.8 Å². The molecule has 2 atom stereocenters. The van der Waals surface area contributed by atoms with Gasteiger partial charge < -0.3 is 0 Å². The van der Waals surface area contributed by atoms with Crippen molar-refractivity contribution in [1.82, 2.24) is 0 Å². The Labute approximate surface area is 174 Å². The molecular weight excluding hydrogens is 450 g/mol. The van der Waals surface area contributed by atoms with Crippen molar-refractivity contribution in [3.63, 3.8) is 0 Å². The van der Waals surface area contributed by atoms with Crippen LogP contribution in [0.2, 0.25) is 0 Å². The molecule has 0 aromatic heterocycles. The molecule has 140 valence electrons. The van der Waals surface area contributed by atoms with Gasteiger partial charge in [0.1, 0.15) is 0 Å². The molecule has 27 heavy (non-hydrogen) atoms. The van der Waals surface area contributed by atoms with Crippen molar-refractivity contribution in [3.8, 4) is 0 Å². The van der Waals surface area contributed by atoms with E-state index in [0.29, 0.717) is 5.92 Å². The van der Waals surface area contributed by atoms with Crippen LogP contribution in [-0.2, 0) is 17.9 Å². The minimum absolute atomic E-state index is 0.193. The quantitative estimate of drug-likeness (QED) is 0.411. The van der Waals surface area contributed by atoms with Gasteiger partial charge in [-0.1, -0.05) is 0 Å². The molecule has 2 aromatic rings. The Morgan fingerprint density at radius 3 is 2.22 bits per heavy atom. The van der Waals surface area contributed by atoms with Gasteiger partial charge in [-0.25, -0.2) is 0 Å². The van der Waals surface area contributed by atoms with E-state index < -0.39 is 17.9 Å². The van der Waals surface area contributed by atoms with Crippen LogP contribution in [0.1, 0.15) is 69.3 Å². The van der Waals surface area contributed by atoms with Gasteiger partial charge in [0.15, 0.2) is 0 Å². The number of rotatable bonds is 2. The summed E-state index contributed by atoms with van der Waals surface area (Å²) in [5, 5.41) is 0. The zero-order chi connectivity index (χ0) is 19.7. The van der Waals surface area contributed by atoms with Crippen molar-refractivity contribution >= 4 is 28.7 Å². The van der Waals surface area contributed by atoms with Crippen LogP contribution in [0.5, 0.6) is 0 Å². The zero-order valence-electron chi connectivity index (χ0n) is 16.9. The van der Waals surface area contributed by atoms with Gasteiger partial charge in [0, 0.05) is 0 Å². The van der Waals surface area contributed by atoms with Crippen molar-refractivity contribution in [2.45, 2.75) is 51.1 Å². The predicted molar refractivity (Wildman–Crippen MR) is 116 cm³/mol. The third kappa shape index (κ3) is 2.80. The summed E-state index contributed by atoms with van der Waals surface area (Å²) in [6.07, 6.45) is 2.30. The monoisotopic (exact) mass is 474 g/mol. The van der Waals surface area contributed by atoms with Crippen LogP contribution in [-0.4, -0.2) is 0 Å². The number of benzene rings is 2. The molecular formula is C24H26Cl2Zr. The van der Waals surface area contributed by atoms with Crippen LogP contribution >= 0.6 is 17.0 Å². The fraction of sp³-hybridized carbons (Fsp3) is 0.333. The van der Waals surface area contributed by atoms with Crippen LogP contribution in [0.15, 0.2) is 39.2 Å². The Morgan fingerprint density at radius 1 is 0.889 bits per heavy atom. The molecule has 0 bridgehead atoms. The SMILES string of the molecule is CC1=C(C)[CH]([Zr]([Cl])([Cl])[C]2=Cc3ccccc3C2C)c2cc(C)c(C)c(C)c21. The molecule has 2 unspecified atom stereocenters. The Morgan fingerprint density at radius 2 is 1.56 bits per heavy atom. The number of hydrogen-bond donors (Lipinski definition) is 0. The molecule has 2 aliphatic carbocycles. The maximum absolute atomic E-state index is 7.44. The average molecular weight is 477 g/mol. The zero-order valence-corrected chi connectivity index (χ0v) is 20.8. The first kappa shape index (κ1) is 19.7.